The summed E-state index contributed by atoms with van der Waals surface area (Å²) in [6.45, 7) is 8.03. The number of aryl methyl sites for hydroxylation is 2. The Morgan fingerprint density at radius 1 is 1.38 bits per heavy atom. The van der Waals surface area contributed by atoms with Crippen molar-refractivity contribution < 1.29 is 4.79 Å². The lowest BCUT2D eigenvalue weighted by molar-refractivity contribution is 0.0703. The molecule has 1 N–H and O–H groups in total. The van der Waals surface area contributed by atoms with Gasteiger partial charge in [0.1, 0.15) is 5.69 Å². The van der Waals surface area contributed by atoms with Gasteiger partial charge in [0.25, 0.3) is 5.91 Å². The van der Waals surface area contributed by atoms with E-state index in [1.54, 1.807) is 21.7 Å². The summed E-state index contributed by atoms with van der Waals surface area (Å²) in [5, 5.41) is 8.10. The molecule has 3 heterocycles. The quantitative estimate of drug-likeness (QED) is 0.882. The molecule has 1 atom stereocenters. The Labute approximate surface area is 152 Å². The molecule has 3 rings (SSSR count). The summed E-state index contributed by atoms with van der Waals surface area (Å²) in [5.74, 6) is 0.471. The molecule has 0 aliphatic carbocycles. The topological polar surface area (TPSA) is 63.1 Å². The maximum atomic E-state index is 12.8. The molecular formula is C16H21Cl2N5O. The summed E-state index contributed by atoms with van der Waals surface area (Å²) >= 11 is 6.22. The number of hydrogen-bond donors (Lipinski definition) is 1. The molecule has 6 nitrogen and oxygen atoms in total. The molecule has 8 heteroatoms. The van der Waals surface area contributed by atoms with Crippen LogP contribution in [0.3, 0.4) is 0 Å². The van der Waals surface area contributed by atoms with Crippen LogP contribution in [0.25, 0.3) is 5.82 Å². The summed E-state index contributed by atoms with van der Waals surface area (Å²) in [4.78, 5) is 19.0. The molecule has 1 aliphatic rings. The van der Waals surface area contributed by atoms with Gasteiger partial charge < -0.3 is 10.2 Å². The number of aromatic nitrogens is 3. The Bertz CT molecular complexity index is 746. The third-order valence-corrected chi connectivity index (χ3v) is 4.22. The number of nitrogens with zero attached hydrogens (tertiary/aromatic N) is 4. The van der Waals surface area contributed by atoms with E-state index in [-0.39, 0.29) is 30.0 Å². The van der Waals surface area contributed by atoms with Gasteiger partial charge >= 0.3 is 0 Å². The van der Waals surface area contributed by atoms with Crippen molar-refractivity contribution in [1.29, 1.82) is 0 Å². The number of hydrogen-bond acceptors (Lipinski definition) is 4. The van der Waals surface area contributed by atoms with Crippen LogP contribution in [-0.2, 0) is 0 Å². The molecule has 1 unspecified atom stereocenters. The molecule has 1 fully saturated rings. The molecule has 1 saturated heterocycles. The first kappa shape index (κ1) is 18.7. The predicted molar refractivity (Wildman–Crippen MR) is 96.5 cm³/mol. The van der Waals surface area contributed by atoms with Gasteiger partial charge in [-0.2, -0.15) is 5.10 Å². The number of amides is 1. The van der Waals surface area contributed by atoms with Gasteiger partial charge in [-0.15, -0.1) is 12.4 Å². The number of rotatable bonds is 2. The number of pyridine rings is 1. The van der Waals surface area contributed by atoms with Gasteiger partial charge in [-0.1, -0.05) is 11.6 Å². The Morgan fingerprint density at radius 2 is 2.12 bits per heavy atom. The van der Waals surface area contributed by atoms with E-state index in [1.807, 2.05) is 19.9 Å². The second kappa shape index (κ2) is 7.51. The molecule has 24 heavy (non-hydrogen) atoms. The molecule has 0 spiro atoms. The van der Waals surface area contributed by atoms with E-state index in [0.717, 1.165) is 17.9 Å². The average Bonchev–Trinajstić information content (AvgIpc) is 2.86. The zero-order valence-corrected chi connectivity index (χ0v) is 15.5. The van der Waals surface area contributed by atoms with E-state index in [1.165, 1.54) is 0 Å². The SMILES string of the molecule is Cc1cc(C)n(-c2ccc(Cl)c(C(=O)N3CCNC(C)C3)n2)n1.Cl. The zero-order valence-electron chi connectivity index (χ0n) is 13.9. The van der Waals surface area contributed by atoms with Crippen molar-refractivity contribution in [2.75, 3.05) is 19.6 Å². The predicted octanol–water partition coefficient (Wildman–Crippen LogP) is 2.39. The fraction of sp³-hybridized carbons (Fsp3) is 0.438. The molecular weight excluding hydrogens is 349 g/mol. The average molecular weight is 370 g/mol. The molecule has 1 amide bonds. The second-order valence-electron chi connectivity index (χ2n) is 5.95. The largest absolute Gasteiger partial charge is 0.334 e. The number of nitrogens with one attached hydrogen (secondary N) is 1. The van der Waals surface area contributed by atoms with E-state index in [9.17, 15) is 4.79 Å². The Kier molecular flexibility index (Phi) is 5.85. The van der Waals surface area contributed by atoms with Crippen molar-refractivity contribution in [2.45, 2.75) is 26.8 Å². The van der Waals surface area contributed by atoms with Crippen LogP contribution in [0.2, 0.25) is 5.02 Å². The van der Waals surface area contributed by atoms with E-state index < -0.39 is 0 Å². The minimum Gasteiger partial charge on any atom is -0.334 e. The van der Waals surface area contributed by atoms with Crippen molar-refractivity contribution in [2.24, 2.45) is 0 Å². The number of halogens is 2. The van der Waals surface area contributed by atoms with Crippen LogP contribution in [0.15, 0.2) is 18.2 Å². The highest BCUT2D eigenvalue weighted by Gasteiger charge is 2.25. The number of carbonyl (C=O) groups excluding carboxylic acids is 1. The highest BCUT2D eigenvalue weighted by molar-refractivity contribution is 6.33. The van der Waals surface area contributed by atoms with Gasteiger partial charge in [0.15, 0.2) is 5.82 Å². The summed E-state index contributed by atoms with van der Waals surface area (Å²) < 4.78 is 1.73. The lowest BCUT2D eigenvalue weighted by atomic mass is 10.2. The van der Waals surface area contributed by atoms with E-state index in [2.05, 4.69) is 22.3 Å². The van der Waals surface area contributed by atoms with Crippen LogP contribution in [0.4, 0.5) is 0 Å². The lowest BCUT2D eigenvalue weighted by Gasteiger charge is -2.31. The summed E-state index contributed by atoms with van der Waals surface area (Å²) in [6.07, 6.45) is 0. The Balaban J connectivity index is 0.00000208. The van der Waals surface area contributed by atoms with Crippen molar-refractivity contribution in [1.82, 2.24) is 25.0 Å². The van der Waals surface area contributed by atoms with Crippen LogP contribution in [0.5, 0.6) is 0 Å². The van der Waals surface area contributed by atoms with Gasteiger partial charge in [0.2, 0.25) is 0 Å². The van der Waals surface area contributed by atoms with E-state index >= 15 is 0 Å². The first-order chi connectivity index (χ1) is 11.0. The molecule has 0 bridgehead atoms. The third kappa shape index (κ3) is 3.71. The Hall–Kier alpha value is -1.63. The van der Waals surface area contributed by atoms with Crippen LogP contribution in [0, 0.1) is 13.8 Å². The lowest BCUT2D eigenvalue weighted by Crippen LogP contribution is -2.51. The van der Waals surface area contributed by atoms with Gasteiger partial charge in [-0.3, -0.25) is 4.79 Å². The smallest absolute Gasteiger partial charge is 0.274 e. The van der Waals surface area contributed by atoms with Gasteiger partial charge in [-0.05, 0) is 39.0 Å². The van der Waals surface area contributed by atoms with Crippen LogP contribution in [-0.4, -0.2) is 51.2 Å². The maximum Gasteiger partial charge on any atom is 0.274 e. The second-order valence-corrected chi connectivity index (χ2v) is 6.35. The first-order valence-corrected chi connectivity index (χ1v) is 8.06. The van der Waals surface area contributed by atoms with E-state index in [4.69, 9.17) is 11.6 Å². The normalized spacial score (nSPS) is 17.5. The molecule has 1 aliphatic heterocycles. The minimum absolute atomic E-state index is 0. The van der Waals surface area contributed by atoms with Crippen LogP contribution >= 0.6 is 24.0 Å². The number of piperazine rings is 1. The molecule has 0 radical (unpaired) electrons. The van der Waals surface area contributed by atoms with Crippen LogP contribution in [0.1, 0.15) is 28.8 Å². The van der Waals surface area contributed by atoms with Gasteiger partial charge in [0, 0.05) is 31.4 Å². The van der Waals surface area contributed by atoms with Crippen molar-refractivity contribution >= 4 is 29.9 Å². The zero-order chi connectivity index (χ0) is 16.6. The van der Waals surface area contributed by atoms with Gasteiger partial charge in [0.05, 0.1) is 10.7 Å². The summed E-state index contributed by atoms with van der Waals surface area (Å²) in [7, 11) is 0. The fourth-order valence-electron chi connectivity index (χ4n) is 2.83. The molecule has 2 aromatic heterocycles. The van der Waals surface area contributed by atoms with Crippen molar-refractivity contribution in [3.8, 4) is 5.82 Å². The molecule has 130 valence electrons. The molecule has 0 saturated carbocycles. The van der Waals surface area contributed by atoms with Crippen molar-refractivity contribution in [3.63, 3.8) is 0 Å². The third-order valence-electron chi connectivity index (χ3n) is 3.92. The Morgan fingerprint density at radius 3 is 2.75 bits per heavy atom. The summed E-state index contributed by atoms with van der Waals surface area (Å²) in [5.41, 5.74) is 2.15. The highest BCUT2D eigenvalue weighted by Crippen LogP contribution is 2.20. The van der Waals surface area contributed by atoms with E-state index in [0.29, 0.717) is 23.9 Å². The monoisotopic (exact) mass is 369 g/mol. The molecule has 0 aromatic carbocycles. The van der Waals surface area contributed by atoms with Crippen molar-refractivity contribution in [3.05, 3.63) is 40.3 Å². The summed E-state index contributed by atoms with van der Waals surface area (Å²) in [6, 6.07) is 5.72. The minimum atomic E-state index is -0.133. The standard InChI is InChI=1S/C16H20ClN5O.ClH/c1-10-8-12(3)22(20-10)14-5-4-13(17)15(19-14)16(23)21-7-6-18-11(2)9-21;/h4-5,8,11,18H,6-7,9H2,1-3H3;1H. The van der Waals surface area contributed by atoms with Gasteiger partial charge in [-0.25, -0.2) is 9.67 Å². The van der Waals surface area contributed by atoms with Crippen LogP contribution < -0.4 is 5.32 Å². The molecule has 2 aromatic rings. The first-order valence-electron chi connectivity index (χ1n) is 7.68. The maximum absolute atomic E-state index is 12.8. The number of carbonyl (C=O) groups is 1. The fourth-order valence-corrected chi connectivity index (χ4v) is 3.01. The highest BCUT2D eigenvalue weighted by atomic mass is 35.5.